The molecule has 0 aliphatic heterocycles. The van der Waals surface area contributed by atoms with Gasteiger partial charge >= 0.3 is 0 Å². The smallest absolute Gasteiger partial charge is 0.171 e. The molecule has 0 saturated heterocycles. The summed E-state index contributed by atoms with van der Waals surface area (Å²) in [5.74, 6) is 0. The lowest BCUT2D eigenvalue weighted by Crippen LogP contribution is -2.34. The molecule has 1 heterocycles. The van der Waals surface area contributed by atoms with Crippen LogP contribution in [0.25, 0.3) is 0 Å². The van der Waals surface area contributed by atoms with Gasteiger partial charge in [-0.1, -0.05) is 181 Å². The van der Waals surface area contributed by atoms with E-state index in [4.69, 9.17) is 0 Å². The van der Waals surface area contributed by atoms with Gasteiger partial charge in [-0.25, -0.2) is 4.57 Å². The maximum absolute atomic E-state index is 2.56. The molecule has 1 aromatic rings. The van der Waals surface area contributed by atoms with Gasteiger partial charge in [0, 0.05) is 17.5 Å². The van der Waals surface area contributed by atoms with E-state index in [9.17, 15) is 0 Å². The molecule has 1 nitrogen and oxygen atoms in total. The molecule has 0 fully saturated rings. The van der Waals surface area contributed by atoms with Gasteiger partial charge < -0.3 is 0 Å². The fourth-order valence-corrected chi connectivity index (χ4v) is 6.42. The van der Waals surface area contributed by atoms with Crippen molar-refractivity contribution < 1.29 is 4.57 Å². The minimum atomic E-state index is 1.21. The molecular weight excluding hydrogens is 494 g/mol. The molecule has 1 heteroatoms. The summed E-state index contributed by atoms with van der Waals surface area (Å²) >= 11 is 0. The summed E-state index contributed by atoms with van der Waals surface area (Å²) < 4.78 is 2.56. The third-order valence-electron chi connectivity index (χ3n) is 9.19. The first-order valence-electron chi connectivity index (χ1n) is 19.3. The molecule has 0 bridgehead atoms. The van der Waals surface area contributed by atoms with E-state index in [1.807, 2.05) is 0 Å². The monoisotopic (exact) mass is 571 g/mol. The topological polar surface area (TPSA) is 3.88 Å². The van der Waals surface area contributed by atoms with Crippen LogP contribution in [0, 0.1) is 0 Å². The van der Waals surface area contributed by atoms with Crippen LogP contribution in [0.5, 0.6) is 0 Å². The highest BCUT2D eigenvalue weighted by molar-refractivity contribution is 5.15. The molecule has 240 valence electrons. The lowest BCUT2D eigenvalue weighted by Gasteiger charge is -2.07. The fourth-order valence-electron chi connectivity index (χ4n) is 6.42. The second-order valence-corrected chi connectivity index (χ2v) is 13.5. The first-order chi connectivity index (χ1) is 20.3. The summed E-state index contributed by atoms with van der Waals surface area (Å²) in [6.07, 6.45) is 48.9. The largest absolute Gasteiger partial charge is 0.205 e. The lowest BCUT2D eigenvalue weighted by molar-refractivity contribution is -0.698. The Labute approximate surface area is 260 Å². The van der Waals surface area contributed by atoms with Crippen LogP contribution in [0.15, 0.2) is 18.5 Å². The van der Waals surface area contributed by atoms with Gasteiger partial charge in [-0.15, -0.1) is 0 Å². The van der Waals surface area contributed by atoms with Crippen LogP contribution in [0.3, 0.4) is 0 Å². The molecule has 0 atom stereocenters. The number of hydrogen-bond acceptors (Lipinski definition) is 0. The molecule has 0 aromatic carbocycles. The van der Waals surface area contributed by atoms with Gasteiger partial charge in [0.1, 0.15) is 6.54 Å². The van der Waals surface area contributed by atoms with Gasteiger partial charge in [0.25, 0.3) is 0 Å². The van der Waals surface area contributed by atoms with Crippen molar-refractivity contribution in [3.05, 3.63) is 29.6 Å². The summed E-state index contributed by atoms with van der Waals surface area (Å²) in [6.45, 7) is 8.15. The van der Waals surface area contributed by atoms with Crippen molar-refractivity contribution in [3.63, 3.8) is 0 Å². The van der Waals surface area contributed by atoms with Crippen LogP contribution >= 0.6 is 0 Å². The number of hydrogen-bond donors (Lipinski definition) is 0. The van der Waals surface area contributed by atoms with E-state index >= 15 is 0 Å². The standard InChI is InChI=1S/C40H76N/c1-4-7-10-13-16-18-20-22-24-27-30-33-39-36-40(34-31-28-25-23-21-19-17-14-11-8-5-2)38-41(37-39)35-32-29-26-15-12-9-6-3/h36-38H,4-35H2,1-3H3/q+1. The minimum absolute atomic E-state index is 1.21. The average molecular weight is 571 g/mol. The summed E-state index contributed by atoms with van der Waals surface area (Å²) in [5.41, 5.74) is 3.20. The van der Waals surface area contributed by atoms with E-state index in [1.165, 1.54) is 206 Å². The highest BCUT2D eigenvalue weighted by Gasteiger charge is 2.09. The second-order valence-electron chi connectivity index (χ2n) is 13.5. The van der Waals surface area contributed by atoms with Crippen molar-refractivity contribution in [2.45, 2.75) is 226 Å². The maximum atomic E-state index is 2.56. The average Bonchev–Trinajstić information content (AvgIpc) is 2.98. The van der Waals surface area contributed by atoms with Crippen LogP contribution in [0.1, 0.15) is 218 Å². The van der Waals surface area contributed by atoms with Gasteiger partial charge in [0.2, 0.25) is 0 Å². The lowest BCUT2D eigenvalue weighted by atomic mass is 10.0. The molecule has 0 spiro atoms. The van der Waals surface area contributed by atoms with Crippen molar-refractivity contribution >= 4 is 0 Å². The first kappa shape index (κ1) is 38.2. The molecule has 0 N–H and O–H groups in total. The van der Waals surface area contributed by atoms with E-state index in [-0.39, 0.29) is 0 Å². The van der Waals surface area contributed by atoms with Crippen molar-refractivity contribution in [2.75, 3.05) is 0 Å². The number of pyridine rings is 1. The number of unbranched alkanes of at least 4 members (excludes halogenated alkanes) is 26. The van der Waals surface area contributed by atoms with Crippen LogP contribution in [0.4, 0.5) is 0 Å². The van der Waals surface area contributed by atoms with Crippen LogP contribution in [-0.2, 0) is 19.4 Å². The van der Waals surface area contributed by atoms with Gasteiger partial charge in [-0.05, 0) is 38.2 Å². The highest BCUT2D eigenvalue weighted by atomic mass is 14.9. The van der Waals surface area contributed by atoms with E-state index in [2.05, 4.69) is 43.8 Å². The zero-order valence-electron chi connectivity index (χ0n) is 28.8. The molecule has 0 unspecified atom stereocenters. The maximum Gasteiger partial charge on any atom is 0.171 e. The van der Waals surface area contributed by atoms with Gasteiger partial charge in [-0.3, -0.25) is 0 Å². The summed E-state index contributed by atoms with van der Waals surface area (Å²) in [5, 5.41) is 0. The Morgan fingerprint density at radius 3 is 0.927 bits per heavy atom. The van der Waals surface area contributed by atoms with Crippen LogP contribution in [-0.4, -0.2) is 0 Å². The number of aromatic nitrogens is 1. The van der Waals surface area contributed by atoms with E-state index in [0.717, 1.165) is 0 Å². The van der Waals surface area contributed by atoms with Crippen molar-refractivity contribution in [3.8, 4) is 0 Å². The van der Waals surface area contributed by atoms with E-state index < -0.39 is 0 Å². The first-order valence-corrected chi connectivity index (χ1v) is 19.3. The Hall–Kier alpha value is -0.850. The number of nitrogens with zero attached hydrogens (tertiary/aromatic N) is 1. The molecule has 1 aromatic heterocycles. The quantitative estimate of drug-likeness (QED) is 0.0599. The van der Waals surface area contributed by atoms with Crippen molar-refractivity contribution in [1.82, 2.24) is 0 Å². The zero-order valence-corrected chi connectivity index (χ0v) is 28.8. The Morgan fingerprint density at radius 1 is 0.341 bits per heavy atom. The van der Waals surface area contributed by atoms with Gasteiger partial charge in [0.15, 0.2) is 12.4 Å². The Bertz CT molecular complexity index is 606. The van der Waals surface area contributed by atoms with Gasteiger partial charge in [-0.2, -0.15) is 0 Å². The van der Waals surface area contributed by atoms with Crippen molar-refractivity contribution in [2.24, 2.45) is 0 Å². The normalized spacial score (nSPS) is 11.5. The van der Waals surface area contributed by atoms with Crippen molar-refractivity contribution in [1.29, 1.82) is 0 Å². The zero-order chi connectivity index (χ0) is 29.5. The summed E-state index contributed by atoms with van der Waals surface area (Å²) in [6, 6.07) is 2.56. The highest BCUT2D eigenvalue weighted by Crippen LogP contribution is 2.16. The Morgan fingerprint density at radius 2 is 0.610 bits per heavy atom. The SMILES string of the molecule is CCCCCCCCCCCCCc1cc(CCCCCCCCCCCCC)c[n+](CCCCCCCCC)c1. The molecular formula is C40H76N+. The van der Waals surface area contributed by atoms with E-state index in [1.54, 1.807) is 11.1 Å². The predicted octanol–water partition coefficient (Wildman–Crippen LogP) is 13.4. The number of aryl methyl sites for hydroxylation is 3. The molecule has 0 aliphatic rings. The second kappa shape index (κ2) is 30.6. The van der Waals surface area contributed by atoms with E-state index in [0.29, 0.717) is 0 Å². The molecule has 0 aliphatic carbocycles. The third-order valence-corrected chi connectivity index (χ3v) is 9.19. The third kappa shape index (κ3) is 25.4. The van der Waals surface area contributed by atoms with Crippen LogP contribution in [0.2, 0.25) is 0 Å². The molecule has 41 heavy (non-hydrogen) atoms. The fraction of sp³-hybridized carbons (Fsp3) is 0.875. The summed E-state index contributed by atoms with van der Waals surface area (Å²) in [4.78, 5) is 0. The predicted molar refractivity (Wildman–Crippen MR) is 185 cm³/mol. The molecule has 0 radical (unpaired) electrons. The molecule has 1 rings (SSSR count). The Kier molecular flexibility index (Phi) is 28.5. The van der Waals surface area contributed by atoms with Crippen LogP contribution < -0.4 is 4.57 Å². The summed E-state index contributed by atoms with van der Waals surface area (Å²) in [7, 11) is 0. The Balaban J connectivity index is 2.33. The molecule has 0 amide bonds. The minimum Gasteiger partial charge on any atom is -0.205 e. The van der Waals surface area contributed by atoms with Gasteiger partial charge in [0.05, 0.1) is 0 Å². The number of rotatable bonds is 32. The molecule has 0 saturated carbocycles.